The molecule has 1 aromatic heterocycles. The maximum absolute atomic E-state index is 12.1. The molecule has 1 heterocycles. The lowest BCUT2D eigenvalue weighted by Gasteiger charge is -2.04. The van der Waals surface area contributed by atoms with Gasteiger partial charge in [-0.3, -0.25) is 4.79 Å². The lowest BCUT2D eigenvalue weighted by Crippen LogP contribution is -2.24. The predicted molar refractivity (Wildman–Crippen MR) is 46.0 cm³/mol. The van der Waals surface area contributed by atoms with Gasteiger partial charge in [-0.1, -0.05) is 0 Å². The smallest absolute Gasteiger partial charge is 0.454 e. The number of alkyl halides is 3. The number of halogens is 3. The first-order chi connectivity index (χ1) is 6.88. The molecule has 3 nitrogen and oxygen atoms in total. The average Bonchev–Trinajstić information content (AvgIpc) is 2.62. The summed E-state index contributed by atoms with van der Waals surface area (Å²) in [6, 6.07) is 0.951. The van der Waals surface area contributed by atoms with Crippen LogP contribution < -0.4 is 0 Å². The topological polar surface area (TPSA) is 43.4 Å². The summed E-state index contributed by atoms with van der Waals surface area (Å²) in [4.78, 5) is 21.5. The number of hydrogen-bond acceptors (Lipinski definition) is 4. The minimum atomic E-state index is -4.98. The van der Waals surface area contributed by atoms with E-state index in [1.165, 1.54) is 5.38 Å². The highest BCUT2D eigenvalue weighted by Crippen LogP contribution is 2.26. The van der Waals surface area contributed by atoms with E-state index < -0.39 is 23.5 Å². The van der Waals surface area contributed by atoms with Crippen LogP contribution in [0.1, 0.15) is 20.0 Å². The highest BCUT2D eigenvalue weighted by molar-refractivity contribution is 7.12. The maximum atomic E-state index is 12.1. The molecule has 0 aliphatic heterocycles. The molecule has 82 valence electrons. The van der Waals surface area contributed by atoms with Gasteiger partial charge >= 0.3 is 12.1 Å². The molecule has 1 aromatic rings. The largest absolute Gasteiger partial charge is 0.465 e. The number of hydrogen-bond donors (Lipinski definition) is 0. The molecule has 0 atom stereocenters. The fourth-order valence-corrected chi connectivity index (χ4v) is 1.70. The van der Waals surface area contributed by atoms with E-state index >= 15 is 0 Å². The molecule has 0 fully saturated rings. The van der Waals surface area contributed by atoms with Crippen LogP contribution in [0.5, 0.6) is 0 Å². The van der Waals surface area contributed by atoms with Gasteiger partial charge in [-0.25, -0.2) is 4.79 Å². The van der Waals surface area contributed by atoms with Crippen LogP contribution in [-0.4, -0.2) is 25.0 Å². The van der Waals surface area contributed by atoms with Crippen LogP contribution in [0.15, 0.2) is 11.4 Å². The van der Waals surface area contributed by atoms with Crippen molar-refractivity contribution in [1.29, 1.82) is 0 Å². The van der Waals surface area contributed by atoms with Crippen molar-refractivity contribution < 1.29 is 27.5 Å². The standard InChI is InChI=1S/C8H5F3O3S/c1-14-7(13)5-4(2-3-15-5)6(12)8(9,10)11/h2-3H,1H3. The van der Waals surface area contributed by atoms with Gasteiger partial charge < -0.3 is 4.74 Å². The molecule has 15 heavy (non-hydrogen) atoms. The molecule has 1 rings (SSSR count). The van der Waals surface area contributed by atoms with E-state index in [-0.39, 0.29) is 4.88 Å². The third kappa shape index (κ3) is 2.35. The van der Waals surface area contributed by atoms with Crippen molar-refractivity contribution in [3.63, 3.8) is 0 Å². The number of ketones is 1. The van der Waals surface area contributed by atoms with Crippen LogP contribution in [0.25, 0.3) is 0 Å². The third-order valence-electron chi connectivity index (χ3n) is 1.54. The molecule has 0 saturated heterocycles. The van der Waals surface area contributed by atoms with Crippen LogP contribution in [0.3, 0.4) is 0 Å². The third-order valence-corrected chi connectivity index (χ3v) is 2.43. The Morgan fingerprint density at radius 2 is 2.00 bits per heavy atom. The molecule has 0 amide bonds. The molecule has 0 radical (unpaired) electrons. The van der Waals surface area contributed by atoms with Gasteiger partial charge in [0.15, 0.2) is 0 Å². The van der Waals surface area contributed by atoms with Crippen molar-refractivity contribution >= 4 is 23.1 Å². The second-order valence-corrected chi connectivity index (χ2v) is 3.40. The second kappa shape index (κ2) is 4.01. The summed E-state index contributed by atoms with van der Waals surface area (Å²) < 4.78 is 40.4. The van der Waals surface area contributed by atoms with E-state index in [9.17, 15) is 22.8 Å². The summed E-state index contributed by atoms with van der Waals surface area (Å²) in [7, 11) is 1.03. The summed E-state index contributed by atoms with van der Waals surface area (Å²) in [6.45, 7) is 0. The highest BCUT2D eigenvalue weighted by Gasteiger charge is 2.41. The number of thiophene rings is 1. The van der Waals surface area contributed by atoms with Gasteiger partial charge in [-0.05, 0) is 11.4 Å². The molecule has 0 N–H and O–H groups in total. The SMILES string of the molecule is COC(=O)c1sccc1C(=O)C(F)(F)F. The quantitative estimate of drug-likeness (QED) is 0.586. The van der Waals surface area contributed by atoms with E-state index in [0.29, 0.717) is 0 Å². The molecule has 0 aliphatic carbocycles. The van der Waals surface area contributed by atoms with Gasteiger partial charge in [0.1, 0.15) is 4.88 Å². The molecule has 0 aliphatic rings. The number of esters is 1. The van der Waals surface area contributed by atoms with Crippen molar-refractivity contribution in [2.24, 2.45) is 0 Å². The first-order valence-electron chi connectivity index (χ1n) is 3.65. The lowest BCUT2D eigenvalue weighted by molar-refractivity contribution is -0.0885. The Hall–Kier alpha value is -1.37. The number of carbonyl (C=O) groups excluding carboxylic acids is 2. The molecule has 0 aromatic carbocycles. The van der Waals surface area contributed by atoms with E-state index in [0.717, 1.165) is 24.5 Å². The van der Waals surface area contributed by atoms with E-state index in [4.69, 9.17) is 0 Å². The number of carbonyl (C=O) groups is 2. The highest BCUT2D eigenvalue weighted by atomic mass is 32.1. The molecular formula is C8H5F3O3S. The fourth-order valence-electron chi connectivity index (χ4n) is 0.892. The molecule has 0 saturated carbocycles. The number of rotatable bonds is 2. The summed E-state index contributed by atoms with van der Waals surface area (Å²) in [5, 5.41) is 1.23. The number of Topliss-reactive ketones (excluding diaryl/α,β-unsaturated/α-hetero) is 1. The average molecular weight is 238 g/mol. The molecule has 0 unspecified atom stereocenters. The van der Waals surface area contributed by atoms with Crippen LogP contribution in [0.4, 0.5) is 13.2 Å². The zero-order chi connectivity index (χ0) is 11.6. The Morgan fingerprint density at radius 1 is 1.40 bits per heavy atom. The molecule has 7 heteroatoms. The van der Waals surface area contributed by atoms with E-state index in [1.807, 2.05) is 0 Å². The van der Waals surface area contributed by atoms with Gasteiger partial charge in [0.05, 0.1) is 12.7 Å². The van der Waals surface area contributed by atoms with Gasteiger partial charge in [0.25, 0.3) is 5.78 Å². The Morgan fingerprint density at radius 3 is 2.47 bits per heavy atom. The first-order valence-corrected chi connectivity index (χ1v) is 4.53. The van der Waals surface area contributed by atoms with Crippen LogP contribution >= 0.6 is 11.3 Å². The normalized spacial score (nSPS) is 11.2. The van der Waals surface area contributed by atoms with Gasteiger partial charge in [0.2, 0.25) is 0 Å². The van der Waals surface area contributed by atoms with Gasteiger partial charge in [-0.15, -0.1) is 11.3 Å². The monoisotopic (exact) mass is 238 g/mol. The zero-order valence-corrected chi connectivity index (χ0v) is 8.24. The zero-order valence-electron chi connectivity index (χ0n) is 7.42. The van der Waals surface area contributed by atoms with Crippen LogP contribution in [-0.2, 0) is 4.74 Å². The Labute approximate surface area is 86.5 Å². The molecular weight excluding hydrogens is 233 g/mol. The van der Waals surface area contributed by atoms with Crippen molar-refractivity contribution in [3.05, 3.63) is 21.9 Å². The number of methoxy groups -OCH3 is 1. The maximum Gasteiger partial charge on any atom is 0.454 e. The van der Waals surface area contributed by atoms with Gasteiger partial charge in [0, 0.05) is 0 Å². The summed E-state index contributed by atoms with van der Waals surface area (Å²) in [5.41, 5.74) is -0.667. The van der Waals surface area contributed by atoms with Crippen molar-refractivity contribution in [2.75, 3.05) is 7.11 Å². The minimum absolute atomic E-state index is 0.333. The molecule has 0 bridgehead atoms. The van der Waals surface area contributed by atoms with Crippen molar-refractivity contribution in [2.45, 2.75) is 6.18 Å². The second-order valence-electron chi connectivity index (χ2n) is 2.48. The number of ether oxygens (including phenoxy) is 1. The van der Waals surface area contributed by atoms with Crippen LogP contribution in [0.2, 0.25) is 0 Å². The molecule has 0 spiro atoms. The van der Waals surface area contributed by atoms with Crippen molar-refractivity contribution in [1.82, 2.24) is 0 Å². The Kier molecular flexibility index (Phi) is 3.13. The van der Waals surface area contributed by atoms with Crippen LogP contribution in [0, 0.1) is 0 Å². The first kappa shape index (κ1) is 11.7. The predicted octanol–water partition coefficient (Wildman–Crippen LogP) is 2.28. The van der Waals surface area contributed by atoms with Crippen molar-refractivity contribution in [3.8, 4) is 0 Å². The Bertz CT molecular complexity index is 394. The Balaban J connectivity index is 3.11. The fraction of sp³-hybridized carbons (Fsp3) is 0.250. The van der Waals surface area contributed by atoms with Gasteiger partial charge in [-0.2, -0.15) is 13.2 Å². The summed E-state index contributed by atoms with van der Waals surface area (Å²) in [6.07, 6.45) is -4.98. The summed E-state index contributed by atoms with van der Waals surface area (Å²) in [5.74, 6) is -2.98. The van der Waals surface area contributed by atoms with E-state index in [2.05, 4.69) is 4.74 Å². The summed E-state index contributed by atoms with van der Waals surface area (Å²) >= 11 is 0.731. The van der Waals surface area contributed by atoms with E-state index in [1.54, 1.807) is 0 Å². The minimum Gasteiger partial charge on any atom is -0.465 e. The lowest BCUT2D eigenvalue weighted by atomic mass is 10.1.